The van der Waals surface area contributed by atoms with Crippen LogP contribution in [0.15, 0.2) is 71.9 Å². The fourth-order valence-corrected chi connectivity index (χ4v) is 6.30. The molecular formula is C32H42N4O6S. The molecule has 232 valence electrons. The Morgan fingerprint density at radius 3 is 2.23 bits per heavy atom. The molecule has 1 amide bonds. The standard InChI is InChI=1S/C32H42N4O6S/c1-7-8-18-31(5,6)24-16-14-23(15-17-24)20-32(33,43(40,41)25-11-10-19-34-21-25)26-12-9-13-27(35-26)36(22-28(37)38)29(39)42-30(2,3)4/h9-17,19,21H,7-8,18,20,22,33H2,1-6H3,(H,37,38). The topological polar surface area (TPSA) is 153 Å². The Bertz CT molecular complexity index is 1520. The van der Waals surface area contributed by atoms with E-state index in [1.165, 1.54) is 42.7 Å². The van der Waals surface area contributed by atoms with Crippen molar-refractivity contribution in [2.24, 2.45) is 5.73 Å². The summed E-state index contributed by atoms with van der Waals surface area (Å²) in [6.45, 7) is 10.7. The number of unbranched alkanes of at least 4 members (excludes halogenated alkanes) is 1. The molecule has 0 aliphatic carbocycles. The van der Waals surface area contributed by atoms with Crippen LogP contribution in [-0.2, 0) is 36.1 Å². The number of carbonyl (C=O) groups excluding carboxylic acids is 1. The maximum atomic E-state index is 14.2. The van der Waals surface area contributed by atoms with Gasteiger partial charge in [-0.1, -0.05) is 63.9 Å². The maximum Gasteiger partial charge on any atom is 0.416 e. The average molecular weight is 611 g/mol. The number of ether oxygens (including phenoxy) is 1. The van der Waals surface area contributed by atoms with Crippen molar-refractivity contribution in [2.75, 3.05) is 11.4 Å². The minimum absolute atomic E-state index is 0.0543. The second-order valence-corrected chi connectivity index (χ2v) is 14.5. The number of anilines is 1. The van der Waals surface area contributed by atoms with Crippen LogP contribution in [0, 0.1) is 0 Å². The maximum absolute atomic E-state index is 14.2. The number of carbonyl (C=O) groups is 2. The fourth-order valence-electron chi connectivity index (χ4n) is 4.68. The van der Waals surface area contributed by atoms with Gasteiger partial charge in [0.1, 0.15) is 18.0 Å². The van der Waals surface area contributed by atoms with Gasteiger partial charge in [-0.2, -0.15) is 0 Å². The minimum atomic E-state index is -4.32. The molecule has 11 heteroatoms. The van der Waals surface area contributed by atoms with E-state index in [1.807, 2.05) is 24.3 Å². The number of hydrogen-bond acceptors (Lipinski definition) is 8. The summed E-state index contributed by atoms with van der Waals surface area (Å²) in [4.78, 5) is 31.7. The van der Waals surface area contributed by atoms with Gasteiger partial charge in [0, 0.05) is 18.8 Å². The average Bonchev–Trinajstić information content (AvgIpc) is 2.94. The third-order valence-corrected chi connectivity index (χ3v) is 9.31. The lowest BCUT2D eigenvalue weighted by Gasteiger charge is -2.31. The first-order valence-corrected chi connectivity index (χ1v) is 15.7. The van der Waals surface area contributed by atoms with Crippen molar-refractivity contribution in [1.29, 1.82) is 0 Å². The summed E-state index contributed by atoms with van der Waals surface area (Å²) in [7, 11) is -4.32. The molecule has 0 fully saturated rings. The van der Waals surface area contributed by atoms with E-state index < -0.39 is 38.9 Å². The summed E-state index contributed by atoms with van der Waals surface area (Å²) >= 11 is 0. The number of amides is 1. The van der Waals surface area contributed by atoms with E-state index in [2.05, 4.69) is 30.7 Å². The van der Waals surface area contributed by atoms with Crippen LogP contribution >= 0.6 is 0 Å². The molecule has 0 spiro atoms. The number of carboxylic acid groups (broad SMARTS) is 1. The predicted molar refractivity (Wildman–Crippen MR) is 165 cm³/mol. The van der Waals surface area contributed by atoms with E-state index in [-0.39, 0.29) is 28.2 Å². The molecule has 0 aliphatic rings. The van der Waals surface area contributed by atoms with Crippen molar-refractivity contribution in [3.05, 3.63) is 83.8 Å². The Morgan fingerprint density at radius 2 is 1.67 bits per heavy atom. The number of carboxylic acids is 1. The molecule has 0 bridgehead atoms. The molecule has 3 rings (SSSR count). The lowest BCUT2D eigenvalue weighted by atomic mass is 9.80. The van der Waals surface area contributed by atoms with Crippen molar-refractivity contribution in [1.82, 2.24) is 9.97 Å². The lowest BCUT2D eigenvalue weighted by Crippen LogP contribution is -2.48. The van der Waals surface area contributed by atoms with Crippen LogP contribution in [-0.4, -0.2) is 47.7 Å². The van der Waals surface area contributed by atoms with Gasteiger partial charge < -0.3 is 15.6 Å². The van der Waals surface area contributed by atoms with Gasteiger partial charge in [0.2, 0.25) is 9.84 Å². The molecule has 43 heavy (non-hydrogen) atoms. The summed E-state index contributed by atoms with van der Waals surface area (Å²) < 4.78 is 33.8. The van der Waals surface area contributed by atoms with Crippen molar-refractivity contribution in [2.45, 2.75) is 88.0 Å². The molecule has 0 aliphatic heterocycles. The zero-order valence-electron chi connectivity index (χ0n) is 25.7. The van der Waals surface area contributed by atoms with E-state index in [0.29, 0.717) is 5.56 Å². The number of aromatic nitrogens is 2. The van der Waals surface area contributed by atoms with Crippen LogP contribution in [0.4, 0.5) is 10.6 Å². The van der Waals surface area contributed by atoms with Gasteiger partial charge in [0.15, 0.2) is 4.87 Å². The normalized spacial score (nSPS) is 13.7. The third-order valence-electron chi connectivity index (χ3n) is 7.13. The zero-order chi connectivity index (χ0) is 32.1. The highest BCUT2D eigenvalue weighted by atomic mass is 32.2. The predicted octanol–water partition coefficient (Wildman–Crippen LogP) is 5.60. The van der Waals surface area contributed by atoms with E-state index in [1.54, 1.807) is 20.8 Å². The molecule has 1 aromatic carbocycles. The first kappa shape index (κ1) is 33.7. The number of nitrogens with two attached hydrogens (primary N) is 1. The molecule has 2 aromatic heterocycles. The van der Waals surface area contributed by atoms with Crippen LogP contribution in [0.3, 0.4) is 0 Å². The van der Waals surface area contributed by atoms with Crippen molar-refractivity contribution in [3.8, 4) is 0 Å². The highest BCUT2D eigenvalue weighted by molar-refractivity contribution is 7.92. The van der Waals surface area contributed by atoms with Crippen LogP contribution < -0.4 is 10.6 Å². The molecule has 3 N–H and O–H groups in total. The van der Waals surface area contributed by atoms with Crippen molar-refractivity contribution >= 4 is 27.7 Å². The van der Waals surface area contributed by atoms with Crippen LogP contribution in [0.5, 0.6) is 0 Å². The first-order valence-electron chi connectivity index (χ1n) is 14.2. The largest absolute Gasteiger partial charge is 0.480 e. The zero-order valence-corrected chi connectivity index (χ0v) is 26.5. The lowest BCUT2D eigenvalue weighted by molar-refractivity contribution is -0.135. The number of nitrogens with zero attached hydrogens (tertiary/aromatic N) is 3. The number of pyridine rings is 2. The molecule has 2 heterocycles. The molecule has 0 saturated heterocycles. The summed E-state index contributed by atoms with van der Waals surface area (Å²) in [5.41, 5.74) is 7.62. The SMILES string of the molecule is CCCCC(C)(C)c1ccc(CC(N)(c2cccc(N(CC(=O)O)C(=O)OC(C)(C)C)n2)S(=O)(=O)c2cccnc2)cc1. The van der Waals surface area contributed by atoms with Crippen molar-refractivity contribution in [3.63, 3.8) is 0 Å². The van der Waals surface area contributed by atoms with Crippen molar-refractivity contribution < 1.29 is 27.9 Å². The van der Waals surface area contributed by atoms with Gasteiger partial charge >= 0.3 is 12.1 Å². The Morgan fingerprint density at radius 1 is 1.00 bits per heavy atom. The van der Waals surface area contributed by atoms with Crippen LogP contribution in [0.1, 0.15) is 77.6 Å². The van der Waals surface area contributed by atoms with Gasteiger partial charge in [-0.3, -0.25) is 14.7 Å². The van der Waals surface area contributed by atoms with E-state index in [9.17, 15) is 23.1 Å². The van der Waals surface area contributed by atoms with E-state index in [4.69, 9.17) is 10.5 Å². The Labute approximate surface area is 254 Å². The highest BCUT2D eigenvalue weighted by Gasteiger charge is 2.45. The summed E-state index contributed by atoms with van der Waals surface area (Å²) in [6.07, 6.45) is 4.78. The second-order valence-electron chi connectivity index (χ2n) is 12.3. The second kappa shape index (κ2) is 13.2. The third kappa shape index (κ3) is 8.17. The number of benzene rings is 1. The van der Waals surface area contributed by atoms with E-state index in [0.717, 1.165) is 29.7 Å². The van der Waals surface area contributed by atoms with Crippen LogP contribution in [0.25, 0.3) is 0 Å². The quantitative estimate of drug-likeness (QED) is 0.267. The minimum Gasteiger partial charge on any atom is -0.480 e. The summed E-state index contributed by atoms with van der Waals surface area (Å²) in [5, 5.41) is 9.52. The Balaban J connectivity index is 2.13. The molecule has 3 aromatic rings. The molecule has 0 radical (unpaired) electrons. The van der Waals surface area contributed by atoms with Gasteiger partial charge in [0.05, 0.1) is 10.6 Å². The monoisotopic (exact) mass is 610 g/mol. The summed E-state index contributed by atoms with van der Waals surface area (Å²) in [6, 6.07) is 15.0. The fraction of sp³-hybridized carbons (Fsp3) is 0.438. The molecule has 1 atom stereocenters. The molecule has 0 saturated carbocycles. The number of aliphatic carboxylic acids is 1. The Kier molecular flexibility index (Phi) is 10.3. The van der Waals surface area contributed by atoms with Crippen LogP contribution in [0.2, 0.25) is 0 Å². The molecular weight excluding hydrogens is 568 g/mol. The first-order chi connectivity index (χ1) is 20.0. The number of hydrogen-bond donors (Lipinski definition) is 2. The summed E-state index contributed by atoms with van der Waals surface area (Å²) in [5.74, 6) is -1.42. The molecule has 1 unspecified atom stereocenters. The van der Waals surface area contributed by atoms with Gasteiger partial charge in [-0.25, -0.2) is 18.2 Å². The van der Waals surface area contributed by atoms with E-state index >= 15 is 0 Å². The highest BCUT2D eigenvalue weighted by Crippen LogP contribution is 2.35. The Hall–Kier alpha value is -3.83. The van der Waals surface area contributed by atoms with Gasteiger partial charge in [-0.15, -0.1) is 0 Å². The van der Waals surface area contributed by atoms with Gasteiger partial charge in [-0.05, 0) is 68.0 Å². The smallest absolute Gasteiger partial charge is 0.416 e. The number of sulfone groups is 1. The van der Waals surface area contributed by atoms with Gasteiger partial charge in [0.25, 0.3) is 0 Å². The molecule has 10 nitrogen and oxygen atoms in total. The number of rotatable bonds is 12.